The lowest BCUT2D eigenvalue weighted by Crippen LogP contribution is -2.49. The Bertz CT molecular complexity index is 1110. The fraction of sp³-hybridized carbons (Fsp3) is 0.320. The van der Waals surface area contributed by atoms with Crippen molar-refractivity contribution in [3.8, 4) is 5.75 Å². The number of nitrogens with zero attached hydrogens (tertiary/aromatic N) is 1. The maximum Gasteiger partial charge on any atom is 0.261 e. The first-order valence-corrected chi connectivity index (χ1v) is 12.1. The van der Waals surface area contributed by atoms with Crippen molar-refractivity contribution in [3.63, 3.8) is 0 Å². The molecule has 4 rings (SSSR count). The largest absolute Gasteiger partial charge is 0.495 e. The van der Waals surface area contributed by atoms with Gasteiger partial charge in [0.25, 0.3) is 11.8 Å². The van der Waals surface area contributed by atoms with E-state index in [2.05, 4.69) is 10.6 Å². The lowest BCUT2D eigenvalue weighted by atomic mass is 10.1. The number of methoxy groups -OCH3 is 1. The van der Waals surface area contributed by atoms with E-state index in [1.165, 1.54) is 29.6 Å². The number of hydrogen-bond donors (Lipinski definition) is 2. The summed E-state index contributed by atoms with van der Waals surface area (Å²) in [5.74, 6) is -0.429. The normalized spacial score (nSPS) is 14.4. The van der Waals surface area contributed by atoms with Crippen LogP contribution in [0.25, 0.3) is 0 Å². The van der Waals surface area contributed by atoms with Gasteiger partial charge in [0, 0.05) is 6.04 Å². The summed E-state index contributed by atoms with van der Waals surface area (Å²) in [5.41, 5.74) is 0.406. The number of ether oxygens (including phenoxy) is 1. The van der Waals surface area contributed by atoms with Gasteiger partial charge in [-0.05, 0) is 48.6 Å². The van der Waals surface area contributed by atoms with Gasteiger partial charge in [0.2, 0.25) is 5.91 Å². The highest BCUT2D eigenvalue weighted by atomic mass is 32.1. The maximum atomic E-state index is 13.6. The van der Waals surface area contributed by atoms with Crippen molar-refractivity contribution in [2.24, 2.45) is 0 Å². The minimum absolute atomic E-state index is 0.0538. The second-order valence-corrected chi connectivity index (χ2v) is 8.95. The zero-order valence-corrected chi connectivity index (χ0v) is 19.7. The predicted molar refractivity (Wildman–Crippen MR) is 129 cm³/mol. The molecule has 8 nitrogen and oxygen atoms in total. The first-order valence-electron chi connectivity index (χ1n) is 11.2. The van der Waals surface area contributed by atoms with Crippen molar-refractivity contribution in [1.29, 1.82) is 0 Å². The molecule has 1 fully saturated rings. The van der Waals surface area contributed by atoms with Crippen molar-refractivity contribution in [2.45, 2.75) is 37.8 Å². The zero-order chi connectivity index (χ0) is 23.9. The van der Waals surface area contributed by atoms with E-state index in [1.807, 2.05) is 0 Å². The first-order chi connectivity index (χ1) is 16.6. The number of carbonyl (C=O) groups excluding carboxylic acids is 3. The summed E-state index contributed by atoms with van der Waals surface area (Å²) < 4.78 is 11.1. The molecule has 1 atom stereocenters. The fourth-order valence-electron chi connectivity index (χ4n) is 4.15. The third kappa shape index (κ3) is 5.31. The van der Waals surface area contributed by atoms with Gasteiger partial charge in [-0.15, -0.1) is 11.3 Å². The van der Waals surface area contributed by atoms with Crippen molar-refractivity contribution in [1.82, 2.24) is 10.6 Å². The molecule has 3 aromatic rings. The lowest BCUT2D eigenvalue weighted by Gasteiger charge is -2.31. The molecule has 0 saturated heterocycles. The number of anilines is 1. The van der Waals surface area contributed by atoms with Crippen LogP contribution in [0.15, 0.2) is 64.6 Å². The number of nitrogens with one attached hydrogen (secondary N) is 2. The van der Waals surface area contributed by atoms with Gasteiger partial charge < -0.3 is 19.8 Å². The summed E-state index contributed by atoms with van der Waals surface area (Å²) in [5, 5.41) is 7.53. The molecule has 2 heterocycles. The van der Waals surface area contributed by atoms with E-state index < -0.39 is 11.9 Å². The van der Waals surface area contributed by atoms with Crippen LogP contribution in [0.4, 0.5) is 5.69 Å². The van der Waals surface area contributed by atoms with Gasteiger partial charge in [0.15, 0.2) is 6.04 Å². The van der Waals surface area contributed by atoms with Gasteiger partial charge in [-0.3, -0.25) is 19.3 Å². The van der Waals surface area contributed by atoms with Crippen LogP contribution in [-0.2, 0) is 9.59 Å². The van der Waals surface area contributed by atoms with Gasteiger partial charge in [-0.2, -0.15) is 0 Å². The first kappa shape index (κ1) is 23.6. The van der Waals surface area contributed by atoms with Gasteiger partial charge in [-0.25, -0.2) is 0 Å². The summed E-state index contributed by atoms with van der Waals surface area (Å²) in [7, 11) is 1.50. The second kappa shape index (κ2) is 11.0. The van der Waals surface area contributed by atoms with E-state index in [1.54, 1.807) is 53.9 Å². The minimum atomic E-state index is -1.07. The number of thiophene rings is 1. The summed E-state index contributed by atoms with van der Waals surface area (Å²) in [4.78, 5) is 41.5. The summed E-state index contributed by atoms with van der Waals surface area (Å²) >= 11 is 1.28. The van der Waals surface area contributed by atoms with Crippen LogP contribution in [0.2, 0.25) is 0 Å². The minimum Gasteiger partial charge on any atom is -0.495 e. The number of benzene rings is 1. The lowest BCUT2D eigenvalue weighted by molar-refractivity contribution is -0.127. The molecule has 178 valence electrons. The molecule has 1 unspecified atom stereocenters. The Morgan fingerprint density at radius 1 is 1.12 bits per heavy atom. The average molecular weight is 482 g/mol. The highest BCUT2D eigenvalue weighted by Crippen LogP contribution is 2.35. The van der Waals surface area contributed by atoms with E-state index in [0.29, 0.717) is 22.1 Å². The van der Waals surface area contributed by atoms with Gasteiger partial charge in [0.05, 0.1) is 30.5 Å². The standard InChI is InChI=1S/C25H27N3O5S/c1-32-19-11-5-4-10-18(19)28(22(29)16-26-24(30)21-13-7-15-34-21)23(20-12-6-14-33-20)25(31)27-17-8-2-3-9-17/h4-7,10-15,17,23H,2-3,8-9,16H2,1H3,(H,26,30)(H,27,31). The van der Waals surface area contributed by atoms with Crippen LogP contribution in [0.5, 0.6) is 5.75 Å². The molecule has 2 aromatic heterocycles. The molecule has 0 bridgehead atoms. The Hall–Kier alpha value is -3.59. The Labute approximate surface area is 201 Å². The van der Waals surface area contributed by atoms with Crippen LogP contribution in [0.3, 0.4) is 0 Å². The maximum absolute atomic E-state index is 13.6. The third-order valence-electron chi connectivity index (χ3n) is 5.78. The molecule has 1 aromatic carbocycles. The topological polar surface area (TPSA) is 101 Å². The molecule has 1 aliphatic rings. The molecule has 3 amide bonds. The number of carbonyl (C=O) groups is 3. The highest BCUT2D eigenvalue weighted by Gasteiger charge is 2.37. The van der Waals surface area contributed by atoms with Crippen molar-refractivity contribution < 1.29 is 23.5 Å². The molecule has 1 aliphatic carbocycles. The quantitative estimate of drug-likeness (QED) is 0.483. The van der Waals surface area contributed by atoms with Gasteiger partial charge in [-0.1, -0.05) is 31.0 Å². The third-order valence-corrected chi connectivity index (χ3v) is 6.65. The monoisotopic (exact) mass is 481 g/mol. The fourth-order valence-corrected chi connectivity index (χ4v) is 4.79. The smallest absolute Gasteiger partial charge is 0.261 e. The molecule has 1 saturated carbocycles. The van der Waals surface area contributed by atoms with Crippen LogP contribution in [0, 0.1) is 0 Å². The number of hydrogen-bond acceptors (Lipinski definition) is 6. The van der Waals surface area contributed by atoms with E-state index in [-0.39, 0.29) is 24.4 Å². The van der Waals surface area contributed by atoms with Crippen molar-refractivity contribution >= 4 is 34.7 Å². The van der Waals surface area contributed by atoms with Crippen LogP contribution >= 0.6 is 11.3 Å². The Morgan fingerprint density at radius 3 is 2.59 bits per heavy atom. The number of rotatable bonds is 9. The van der Waals surface area contributed by atoms with Crippen molar-refractivity contribution in [3.05, 3.63) is 70.8 Å². The van der Waals surface area contributed by atoms with Crippen LogP contribution < -0.4 is 20.3 Å². The van der Waals surface area contributed by atoms with E-state index in [0.717, 1.165) is 25.7 Å². The highest BCUT2D eigenvalue weighted by molar-refractivity contribution is 7.12. The Balaban J connectivity index is 1.67. The van der Waals surface area contributed by atoms with Gasteiger partial charge in [0.1, 0.15) is 11.5 Å². The van der Waals surface area contributed by atoms with E-state index in [9.17, 15) is 14.4 Å². The number of furan rings is 1. The Morgan fingerprint density at radius 2 is 1.91 bits per heavy atom. The summed E-state index contributed by atoms with van der Waals surface area (Å²) in [6, 6.07) is 12.7. The molecule has 2 N–H and O–H groups in total. The van der Waals surface area contributed by atoms with Crippen LogP contribution in [0.1, 0.15) is 47.2 Å². The van der Waals surface area contributed by atoms with E-state index >= 15 is 0 Å². The predicted octanol–water partition coefficient (Wildman–Crippen LogP) is 3.91. The molecule has 0 aliphatic heterocycles. The van der Waals surface area contributed by atoms with E-state index in [4.69, 9.17) is 9.15 Å². The summed E-state index contributed by atoms with van der Waals surface area (Å²) in [6.07, 6.45) is 5.38. The molecular weight excluding hydrogens is 454 g/mol. The van der Waals surface area contributed by atoms with Gasteiger partial charge >= 0.3 is 0 Å². The second-order valence-electron chi connectivity index (χ2n) is 8.00. The molecule has 34 heavy (non-hydrogen) atoms. The SMILES string of the molecule is COc1ccccc1N(C(=O)CNC(=O)c1cccs1)C(C(=O)NC1CCCC1)c1ccco1. The number of amides is 3. The molecule has 9 heteroatoms. The molecular formula is C25H27N3O5S. The van der Waals surface area contributed by atoms with Crippen molar-refractivity contribution in [2.75, 3.05) is 18.6 Å². The number of para-hydroxylation sites is 2. The average Bonchev–Trinajstić information content (AvgIpc) is 3.64. The Kier molecular flexibility index (Phi) is 7.64. The zero-order valence-electron chi connectivity index (χ0n) is 18.9. The summed E-state index contributed by atoms with van der Waals surface area (Å²) in [6.45, 7) is -0.303. The molecule has 0 spiro atoms. The van der Waals surface area contributed by atoms with Crippen LogP contribution in [-0.4, -0.2) is 37.4 Å². The molecule has 0 radical (unpaired) electrons.